The average Bonchev–Trinajstić information content (AvgIpc) is 2.82. The van der Waals surface area contributed by atoms with Crippen molar-refractivity contribution in [3.63, 3.8) is 0 Å². The summed E-state index contributed by atoms with van der Waals surface area (Å²) in [6, 6.07) is 4.20. The standard InChI is InChI=1S/C14H16ClN3S.ClH/c15-13-2-1-10-3-5-16-6-4-11(10)12(13)9-19-14-17-7-8-18-14;/h1-2,7-8,16H,3-6,9H2,(H,17,18);1H. The molecule has 0 atom stereocenters. The van der Waals surface area contributed by atoms with Crippen LogP contribution in [0.15, 0.2) is 29.7 Å². The molecule has 1 aromatic carbocycles. The van der Waals surface area contributed by atoms with Gasteiger partial charge in [0.25, 0.3) is 0 Å². The van der Waals surface area contributed by atoms with Gasteiger partial charge < -0.3 is 10.3 Å². The predicted molar refractivity (Wildman–Crippen MR) is 87.1 cm³/mol. The summed E-state index contributed by atoms with van der Waals surface area (Å²) in [5.41, 5.74) is 4.13. The summed E-state index contributed by atoms with van der Waals surface area (Å²) in [5.74, 6) is 0.871. The van der Waals surface area contributed by atoms with Crippen molar-refractivity contribution in [2.24, 2.45) is 0 Å². The lowest BCUT2D eigenvalue weighted by Gasteiger charge is -2.13. The molecule has 6 heteroatoms. The van der Waals surface area contributed by atoms with E-state index in [2.05, 4.69) is 21.4 Å². The van der Waals surface area contributed by atoms with E-state index in [4.69, 9.17) is 11.6 Å². The molecule has 0 spiro atoms. The number of imidazole rings is 1. The van der Waals surface area contributed by atoms with Crippen molar-refractivity contribution in [2.45, 2.75) is 23.8 Å². The lowest BCUT2D eigenvalue weighted by molar-refractivity contribution is 0.710. The van der Waals surface area contributed by atoms with E-state index in [1.165, 1.54) is 16.7 Å². The van der Waals surface area contributed by atoms with E-state index in [0.717, 1.165) is 41.9 Å². The first-order valence-electron chi connectivity index (χ1n) is 6.46. The van der Waals surface area contributed by atoms with Crippen molar-refractivity contribution >= 4 is 35.8 Å². The van der Waals surface area contributed by atoms with Crippen LogP contribution in [0.4, 0.5) is 0 Å². The Labute approximate surface area is 134 Å². The first-order valence-corrected chi connectivity index (χ1v) is 7.83. The molecule has 3 nitrogen and oxygen atoms in total. The highest BCUT2D eigenvalue weighted by molar-refractivity contribution is 7.98. The van der Waals surface area contributed by atoms with Crippen LogP contribution in [0.5, 0.6) is 0 Å². The van der Waals surface area contributed by atoms with Crippen molar-refractivity contribution in [1.82, 2.24) is 15.3 Å². The Balaban J connectivity index is 0.00000147. The monoisotopic (exact) mass is 329 g/mol. The first-order chi connectivity index (χ1) is 9.34. The average molecular weight is 330 g/mol. The van der Waals surface area contributed by atoms with Crippen molar-refractivity contribution in [3.8, 4) is 0 Å². The van der Waals surface area contributed by atoms with Crippen LogP contribution < -0.4 is 5.32 Å². The normalized spacial score (nSPS) is 14.2. The van der Waals surface area contributed by atoms with Crippen molar-refractivity contribution in [1.29, 1.82) is 0 Å². The smallest absolute Gasteiger partial charge is 0.165 e. The number of H-pyrrole nitrogens is 1. The van der Waals surface area contributed by atoms with Crippen molar-refractivity contribution < 1.29 is 0 Å². The zero-order valence-electron chi connectivity index (χ0n) is 11.0. The van der Waals surface area contributed by atoms with Gasteiger partial charge >= 0.3 is 0 Å². The van der Waals surface area contributed by atoms with E-state index in [9.17, 15) is 0 Å². The first kappa shape index (κ1) is 15.7. The molecule has 108 valence electrons. The third-order valence-corrected chi connectivity index (χ3v) is 4.70. The summed E-state index contributed by atoms with van der Waals surface area (Å²) in [7, 11) is 0. The van der Waals surface area contributed by atoms with Crippen LogP contribution in [0, 0.1) is 0 Å². The van der Waals surface area contributed by atoms with Gasteiger partial charge in [-0.15, -0.1) is 12.4 Å². The van der Waals surface area contributed by atoms with Gasteiger partial charge in [0.2, 0.25) is 0 Å². The Morgan fingerprint density at radius 1 is 1.25 bits per heavy atom. The Hall–Kier alpha value is -0.680. The van der Waals surface area contributed by atoms with Gasteiger partial charge in [0.05, 0.1) is 0 Å². The van der Waals surface area contributed by atoms with Gasteiger partial charge in [-0.05, 0) is 48.7 Å². The Kier molecular flexibility index (Phi) is 5.78. The van der Waals surface area contributed by atoms with Gasteiger partial charge in [-0.1, -0.05) is 29.4 Å². The van der Waals surface area contributed by atoms with Crippen LogP contribution in [0.2, 0.25) is 5.02 Å². The molecular weight excluding hydrogens is 313 g/mol. The summed E-state index contributed by atoms with van der Waals surface area (Å²) in [6.07, 6.45) is 5.77. The maximum Gasteiger partial charge on any atom is 0.165 e. The van der Waals surface area contributed by atoms with Gasteiger partial charge in [0.15, 0.2) is 5.16 Å². The molecule has 2 heterocycles. The van der Waals surface area contributed by atoms with Crippen LogP contribution in [-0.4, -0.2) is 23.1 Å². The molecule has 1 aromatic heterocycles. The van der Waals surface area contributed by atoms with Crippen LogP contribution in [0.1, 0.15) is 16.7 Å². The number of hydrogen-bond donors (Lipinski definition) is 2. The SMILES string of the molecule is Cl.Clc1ccc2c(c1CSc1ncc[nH]1)CCNCC2. The summed E-state index contributed by atoms with van der Waals surface area (Å²) in [5, 5.41) is 5.26. The van der Waals surface area contributed by atoms with Crippen LogP contribution >= 0.6 is 35.8 Å². The minimum atomic E-state index is 0. The number of thioether (sulfide) groups is 1. The molecule has 0 fully saturated rings. The molecule has 0 saturated heterocycles. The highest BCUT2D eigenvalue weighted by Crippen LogP contribution is 2.30. The molecular formula is C14H17Cl2N3S. The Morgan fingerprint density at radius 2 is 2.10 bits per heavy atom. The lowest BCUT2D eigenvalue weighted by atomic mass is 9.98. The summed E-state index contributed by atoms with van der Waals surface area (Å²) in [6.45, 7) is 2.09. The summed E-state index contributed by atoms with van der Waals surface area (Å²) >= 11 is 8.09. The molecule has 0 saturated carbocycles. The van der Waals surface area contributed by atoms with E-state index >= 15 is 0 Å². The van der Waals surface area contributed by atoms with Crippen LogP contribution in [0.25, 0.3) is 0 Å². The number of halogens is 2. The topological polar surface area (TPSA) is 40.7 Å². The van der Waals surface area contributed by atoms with Gasteiger partial charge in [-0.3, -0.25) is 0 Å². The van der Waals surface area contributed by atoms with Crippen molar-refractivity contribution in [2.75, 3.05) is 13.1 Å². The fourth-order valence-corrected chi connectivity index (χ4v) is 3.67. The van der Waals surface area contributed by atoms with Gasteiger partial charge in [-0.25, -0.2) is 4.98 Å². The van der Waals surface area contributed by atoms with E-state index in [-0.39, 0.29) is 12.4 Å². The van der Waals surface area contributed by atoms with Crippen molar-refractivity contribution in [3.05, 3.63) is 46.2 Å². The zero-order valence-corrected chi connectivity index (χ0v) is 13.4. The Bertz CT molecular complexity index is 558. The summed E-state index contributed by atoms with van der Waals surface area (Å²) < 4.78 is 0. The zero-order chi connectivity index (χ0) is 13.1. The number of hydrogen-bond acceptors (Lipinski definition) is 3. The molecule has 2 N–H and O–H groups in total. The molecule has 3 rings (SSSR count). The number of fused-ring (bicyclic) bond motifs is 1. The highest BCUT2D eigenvalue weighted by Gasteiger charge is 2.15. The molecule has 0 unspecified atom stereocenters. The maximum atomic E-state index is 6.39. The van der Waals surface area contributed by atoms with Crippen LogP contribution in [-0.2, 0) is 18.6 Å². The van der Waals surface area contributed by atoms with Crippen LogP contribution in [0.3, 0.4) is 0 Å². The van der Waals surface area contributed by atoms with E-state index < -0.39 is 0 Å². The molecule has 0 radical (unpaired) electrons. The fraction of sp³-hybridized carbons (Fsp3) is 0.357. The lowest BCUT2D eigenvalue weighted by Crippen LogP contribution is -2.16. The fourth-order valence-electron chi connectivity index (χ4n) is 2.45. The third kappa shape index (κ3) is 3.50. The Morgan fingerprint density at radius 3 is 2.90 bits per heavy atom. The molecule has 0 bridgehead atoms. The number of benzene rings is 1. The van der Waals surface area contributed by atoms with E-state index in [0.29, 0.717) is 0 Å². The van der Waals surface area contributed by atoms with Gasteiger partial charge in [-0.2, -0.15) is 0 Å². The molecule has 1 aliphatic heterocycles. The number of rotatable bonds is 3. The largest absolute Gasteiger partial charge is 0.340 e. The highest BCUT2D eigenvalue weighted by atomic mass is 35.5. The third-order valence-electron chi connectivity index (χ3n) is 3.42. The number of nitrogens with one attached hydrogen (secondary N) is 2. The second kappa shape index (κ2) is 7.36. The van der Waals surface area contributed by atoms with E-state index in [1.54, 1.807) is 18.0 Å². The second-order valence-electron chi connectivity index (χ2n) is 4.60. The molecule has 0 amide bonds. The molecule has 20 heavy (non-hydrogen) atoms. The number of aromatic nitrogens is 2. The summed E-state index contributed by atoms with van der Waals surface area (Å²) in [4.78, 5) is 7.36. The van der Waals surface area contributed by atoms with Gasteiger partial charge in [0.1, 0.15) is 0 Å². The molecule has 1 aliphatic rings. The molecule has 0 aliphatic carbocycles. The number of aromatic amines is 1. The second-order valence-corrected chi connectivity index (χ2v) is 5.97. The maximum absolute atomic E-state index is 6.39. The quantitative estimate of drug-likeness (QED) is 0.847. The minimum absolute atomic E-state index is 0. The van der Waals surface area contributed by atoms with Gasteiger partial charge in [0, 0.05) is 23.2 Å². The number of nitrogens with zero attached hydrogens (tertiary/aromatic N) is 1. The molecule has 2 aromatic rings. The predicted octanol–water partition coefficient (Wildman–Crippen LogP) is 3.47. The minimum Gasteiger partial charge on any atom is -0.340 e. The van der Waals surface area contributed by atoms with E-state index in [1.807, 2.05) is 12.3 Å².